The van der Waals surface area contributed by atoms with E-state index in [1.54, 1.807) is 0 Å². The van der Waals surface area contributed by atoms with Gasteiger partial charge in [-0.15, -0.1) is 0 Å². The van der Waals surface area contributed by atoms with Crippen LogP contribution in [0.3, 0.4) is 0 Å². The Morgan fingerprint density at radius 2 is 2.21 bits per heavy atom. The molecule has 0 radical (unpaired) electrons. The molecule has 0 aromatic heterocycles. The maximum absolute atomic E-state index is 6.19. The minimum Gasteiger partial charge on any atom is -0.324 e. The fraction of sp³-hybridized carbons (Fsp3) is 0.500. The Bertz CT molecular complexity index is 331. The van der Waals surface area contributed by atoms with Crippen molar-refractivity contribution >= 4 is 11.6 Å². The van der Waals surface area contributed by atoms with Gasteiger partial charge in [-0.05, 0) is 42.4 Å². The predicted molar refractivity (Wildman–Crippen MR) is 60.5 cm³/mol. The van der Waals surface area contributed by atoms with Crippen molar-refractivity contribution in [1.82, 2.24) is 0 Å². The molecule has 76 valence electrons. The van der Waals surface area contributed by atoms with Crippen LogP contribution >= 0.6 is 11.6 Å². The van der Waals surface area contributed by atoms with E-state index < -0.39 is 0 Å². The maximum Gasteiger partial charge on any atom is 0.0441 e. The van der Waals surface area contributed by atoms with Gasteiger partial charge in [0.05, 0.1) is 0 Å². The van der Waals surface area contributed by atoms with Crippen LogP contribution in [-0.4, -0.2) is 0 Å². The van der Waals surface area contributed by atoms with Crippen molar-refractivity contribution in [2.24, 2.45) is 11.7 Å². The summed E-state index contributed by atoms with van der Waals surface area (Å²) in [5.74, 6) is 0.693. The average molecular weight is 210 g/mol. The van der Waals surface area contributed by atoms with Crippen LogP contribution in [0, 0.1) is 5.92 Å². The Kier molecular flexibility index (Phi) is 2.80. The summed E-state index contributed by atoms with van der Waals surface area (Å²) in [6, 6.07) is 6.26. The van der Waals surface area contributed by atoms with Crippen molar-refractivity contribution < 1.29 is 0 Å². The predicted octanol–water partition coefficient (Wildman–Crippen LogP) is 3.31. The molecule has 1 aromatic carbocycles. The van der Waals surface area contributed by atoms with Crippen molar-refractivity contribution in [3.8, 4) is 0 Å². The lowest BCUT2D eigenvalue weighted by Gasteiger charge is -2.16. The minimum absolute atomic E-state index is 0.198. The first kappa shape index (κ1) is 10.0. The SMILES string of the molecule is CCc1c(Cl)cccc1C(N)C1CC1. The van der Waals surface area contributed by atoms with E-state index in [1.807, 2.05) is 12.1 Å². The van der Waals surface area contributed by atoms with Crippen molar-refractivity contribution in [1.29, 1.82) is 0 Å². The van der Waals surface area contributed by atoms with E-state index in [4.69, 9.17) is 17.3 Å². The molecule has 0 saturated heterocycles. The molecule has 1 aliphatic carbocycles. The third kappa shape index (κ3) is 1.79. The molecule has 0 heterocycles. The minimum atomic E-state index is 0.198. The molecule has 1 aromatic rings. The summed E-state index contributed by atoms with van der Waals surface area (Å²) in [5.41, 5.74) is 8.67. The molecule has 1 unspecified atom stereocenters. The van der Waals surface area contributed by atoms with Gasteiger partial charge in [0.25, 0.3) is 0 Å². The number of hydrogen-bond acceptors (Lipinski definition) is 1. The van der Waals surface area contributed by atoms with Crippen LogP contribution in [0.25, 0.3) is 0 Å². The molecule has 14 heavy (non-hydrogen) atoms. The first-order chi connectivity index (χ1) is 6.74. The summed E-state index contributed by atoms with van der Waals surface area (Å²) in [4.78, 5) is 0. The fourth-order valence-corrected chi connectivity index (χ4v) is 2.29. The van der Waals surface area contributed by atoms with Gasteiger partial charge in [-0.1, -0.05) is 30.7 Å². The third-order valence-corrected chi connectivity index (χ3v) is 3.35. The summed E-state index contributed by atoms with van der Waals surface area (Å²) >= 11 is 6.14. The summed E-state index contributed by atoms with van der Waals surface area (Å²) in [6.45, 7) is 2.13. The van der Waals surface area contributed by atoms with Crippen LogP contribution in [0.4, 0.5) is 0 Å². The first-order valence-electron chi connectivity index (χ1n) is 5.27. The molecular formula is C12H16ClN. The number of nitrogens with two attached hydrogens (primary N) is 1. The zero-order valence-electron chi connectivity index (χ0n) is 8.46. The topological polar surface area (TPSA) is 26.0 Å². The Labute approximate surface area is 90.3 Å². The molecule has 0 aliphatic heterocycles. The van der Waals surface area contributed by atoms with Crippen molar-refractivity contribution in [3.63, 3.8) is 0 Å². The average Bonchev–Trinajstić information content (AvgIpc) is 2.99. The highest BCUT2D eigenvalue weighted by Gasteiger charge is 2.30. The van der Waals surface area contributed by atoms with Gasteiger partial charge in [0.2, 0.25) is 0 Å². The number of hydrogen-bond donors (Lipinski definition) is 1. The van der Waals surface area contributed by atoms with Crippen molar-refractivity contribution in [2.75, 3.05) is 0 Å². The van der Waals surface area contributed by atoms with Gasteiger partial charge in [-0.25, -0.2) is 0 Å². The fourth-order valence-electron chi connectivity index (χ4n) is 1.97. The molecule has 0 bridgehead atoms. The molecule has 1 aliphatic rings. The van der Waals surface area contributed by atoms with Gasteiger partial charge in [-0.2, -0.15) is 0 Å². The van der Waals surface area contributed by atoms with E-state index in [9.17, 15) is 0 Å². The first-order valence-corrected chi connectivity index (χ1v) is 5.64. The quantitative estimate of drug-likeness (QED) is 0.812. The highest BCUT2D eigenvalue weighted by Crippen LogP contribution is 2.41. The van der Waals surface area contributed by atoms with E-state index in [2.05, 4.69) is 13.0 Å². The zero-order chi connectivity index (χ0) is 10.1. The van der Waals surface area contributed by atoms with Gasteiger partial charge >= 0.3 is 0 Å². The van der Waals surface area contributed by atoms with Gasteiger partial charge in [-0.3, -0.25) is 0 Å². The molecule has 2 rings (SSSR count). The molecule has 1 fully saturated rings. The largest absolute Gasteiger partial charge is 0.324 e. The molecule has 2 heteroatoms. The molecule has 2 N–H and O–H groups in total. The highest BCUT2D eigenvalue weighted by molar-refractivity contribution is 6.31. The van der Waals surface area contributed by atoms with E-state index >= 15 is 0 Å². The summed E-state index contributed by atoms with van der Waals surface area (Å²) in [7, 11) is 0. The summed E-state index contributed by atoms with van der Waals surface area (Å²) in [5, 5.41) is 0.862. The van der Waals surface area contributed by atoms with Gasteiger partial charge in [0.15, 0.2) is 0 Å². The lowest BCUT2D eigenvalue weighted by atomic mass is 9.96. The van der Waals surface area contributed by atoms with E-state index in [-0.39, 0.29) is 6.04 Å². The number of halogens is 1. The van der Waals surface area contributed by atoms with Crippen LogP contribution in [0.2, 0.25) is 5.02 Å². The second-order valence-corrected chi connectivity index (χ2v) is 4.43. The number of rotatable bonds is 3. The maximum atomic E-state index is 6.19. The third-order valence-electron chi connectivity index (χ3n) is 3.00. The van der Waals surface area contributed by atoms with Crippen LogP contribution in [-0.2, 0) is 6.42 Å². The van der Waals surface area contributed by atoms with E-state index in [0.717, 1.165) is 11.4 Å². The van der Waals surface area contributed by atoms with E-state index in [1.165, 1.54) is 24.0 Å². The molecule has 0 spiro atoms. The zero-order valence-corrected chi connectivity index (χ0v) is 9.22. The van der Waals surface area contributed by atoms with Gasteiger partial charge in [0, 0.05) is 11.1 Å². The highest BCUT2D eigenvalue weighted by atomic mass is 35.5. The van der Waals surface area contributed by atoms with Crippen LogP contribution in [0.1, 0.15) is 36.9 Å². The monoisotopic (exact) mass is 209 g/mol. The molecule has 1 nitrogen and oxygen atoms in total. The second-order valence-electron chi connectivity index (χ2n) is 4.02. The van der Waals surface area contributed by atoms with Gasteiger partial charge < -0.3 is 5.73 Å². The Balaban J connectivity index is 2.35. The van der Waals surface area contributed by atoms with E-state index in [0.29, 0.717) is 5.92 Å². The second kappa shape index (κ2) is 3.92. The van der Waals surface area contributed by atoms with Crippen molar-refractivity contribution in [2.45, 2.75) is 32.2 Å². The smallest absolute Gasteiger partial charge is 0.0441 e. The lowest BCUT2D eigenvalue weighted by molar-refractivity contribution is 0.627. The lowest BCUT2D eigenvalue weighted by Crippen LogP contribution is -2.14. The number of benzene rings is 1. The standard InChI is InChI=1S/C12H16ClN/c1-2-9-10(4-3-5-11(9)13)12(14)8-6-7-8/h3-5,8,12H,2,6-7,14H2,1H3. The Morgan fingerprint density at radius 3 is 2.79 bits per heavy atom. The molecule has 1 saturated carbocycles. The van der Waals surface area contributed by atoms with Crippen LogP contribution < -0.4 is 5.73 Å². The van der Waals surface area contributed by atoms with Gasteiger partial charge in [0.1, 0.15) is 0 Å². The van der Waals surface area contributed by atoms with Crippen LogP contribution in [0.5, 0.6) is 0 Å². The molecule has 1 atom stereocenters. The Hall–Kier alpha value is -0.530. The Morgan fingerprint density at radius 1 is 1.50 bits per heavy atom. The molecule has 0 amide bonds. The summed E-state index contributed by atoms with van der Waals surface area (Å²) < 4.78 is 0. The summed E-state index contributed by atoms with van der Waals surface area (Å²) in [6.07, 6.45) is 3.52. The van der Waals surface area contributed by atoms with Crippen LogP contribution in [0.15, 0.2) is 18.2 Å². The molecular weight excluding hydrogens is 194 g/mol. The van der Waals surface area contributed by atoms with Crippen molar-refractivity contribution in [3.05, 3.63) is 34.3 Å². The normalized spacial score (nSPS) is 18.2.